The normalized spacial score (nSPS) is 23.8. The number of fused-ring (bicyclic) bond motifs is 1. The lowest BCUT2D eigenvalue weighted by atomic mass is 9.95. The van der Waals surface area contributed by atoms with Crippen molar-refractivity contribution >= 4 is 40.7 Å². The predicted octanol–water partition coefficient (Wildman–Crippen LogP) is 1.98. The minimum Gasteiger partial charge on any atom is -0.357 e. The Morgan fingerprint density at radius 3 is 2.92 bits per heavy atom. The summed E-state index contributed by atoms with van der Waals surface area (Å²) in [6.07, 6.45) is 6.46. The molecule has 3 atom stereocenters. The summed E-state index contributed by atoms with van der Waals surface area (Å²) in [4.78, 5) is 4.71. The van der Waals surface area contributed by atoms with Crippen LogP contribution in [0, 0.1) is 0 Å². The molecule has 0 saturated heterocycles. The van der Waals surface area contributed by atoms with E-state index in [9.17, 15) is 4.21 Å². The first-order valence-corrected chi connectivity index (χ1v) is 10.9. The van der Waals surface area contributed by atoms with Crippen LogP contribution in [0.5, 0.6) is 0 Å². The van der Waals surface area contributed by atoms with Crippen LogP contribution in [0.1, 0.15) is 57.6 Å². The SMILES string of the molecule is CCNC(=NCc1nnc2n1CCC2)NC1CCCC(S(=O)CC)C1.I. The third kappa shape index (κ3) is 5.40. The maximum absolute atomic E-state index is 12.1. The van der Waals surface area contributed by atoms with Gasteiger partial charge < -0.3 is 15.2 Å². The summed E-state index contributed by atoms with van der Waals surface area (Å²) in [5.41, 5.74) is 0. The number of aliphatic imine (C=N–C) groups is 1. The number of aryl methyl sites for hydroxylation is 1. The molecule has 3 rings (SSSR count). The van der Waals surface area contributed by atoms with Crippen molar-refractivity contribution in [2.75, 3.05) is 12.3 Å². The number of rotatable bonds is 6. The van der Waals surface area contributed by atoms with E-state index in [0.29, 0.717) is 17.8 Å². The van der Waals surface area contributed by atoms with Crippen molar-refractivity contribution in [3.05, 3.63) is 11.6 Å². The van der Waals surface area contributed by atoms with Crippen molar-refractivity contribution in [1.82, 2.24) is 25.4 Å². The second kappa shape index (κ2) is 10.6. The van der Waals surface area contributed by atoms with Gasteiger partial charge in [0.2, 0.25) is 0 Å². The Bertz CT molecular complexity index is 635. The Labute approximate surface area is 175 Å². The molecule has 2 heterocycles. The Morgan fingerprint density at radius 2 is 2.15 bits per heavy atom. The molecule has 0 spiro atoms. The Balaban J connectivity index is 0.00000243. The van der Waals surface area contributed by atoms with Gasteiger partial charge in [-0.2, -0.15) is 0 Å². The number of hydrogen-bond acceptors (Lipinski definition) is 4. The largest absolute Gasteiger partial charge is 0.357 e. The average Bonchev–Trinajstić information content (AvgIpc) is 3.23. The molecule has 0 aromatic carbocycles. The van der Waals surface area contributed by atoms with E-state index < -0.39 is 10.8 Å². The van der Waals surface area contributed by atoms with Gasteiger partial charge in [0.05, 0.1) is 0 Å². The van der Waals surface area contributed by atoms with E-state index >= 15 is 0 Å². The molecule has 1 aliphatic heterocycles. The van der Waals surface area contributed by atoms with E-state index in [4.69, 9.17) is 4.99 Å². The van der Waals surface area contributed by atoms with Gasteiger partial charge in [-0.05, 0) is 32.6 Å². The van der Waals surface area contributed by atoms with Crippen LogP contribution in [0.4, 0.5) is 0 Å². The van der Waals surface area contributed by atoms with E-state index in [2.05, 4.69) is 32.3 Å². The smallest absolute Gasteiger partial charge is 0.191 e. The fourth-order valence-electron chi connectivity index (χ4n) is 3.74. The zero-order chi connectivity index (χ0) is 17.6. The van der Waals surface area contributed by atoms with E-state index in [1.54, 1.807) is 0 Å². The topological polar surface area (TPSA) is 84.2 Å². The molecular weight excluding hydrogens is 463 g/mol. The molecule has 148 valence electrons. The van der Waals surface area contributed by atoms with Crippen molar-refractivity contribution in [3.63, 3.8) is 0 Å². The number of nitrogens with one attached hydrogen (secondary N) is 2. The van der Waals surface area contributed by atoms with Gasteiger partial charge in [-0.15, -0.1) is 34.2 Å². The Kier molecular flexibility index (Phi) is 8.78. The Morgan fingerprint density at radius 1 is 1.31 bits per heavy atom. The zero-order valence-electron chi connectivity index (χ0n) is 15.7. The molecule has 2 N–H and O–H groups in total. The molecule has 1 fully saturated rings. The standard InChI is InChI=1S/C17H30N6OS.HI/c1-3-18-17(19-12-16-22-21-15-9-6-10-23(15)16)20-13-7-5-8-14(11-13)25(24)4-2;/h13-14H,3-12H2,1-2H3,(H2,18,19,20);1H. The highest BCUT2D eigenvalue weighted by molar-refractivity contribution is 14.0. The monoisotopic (exact) mass is 494 g/mol. The lowest BCUT2D eigenvalue weighted by molar-refractivity contribution is 0.413. The maximum atomic E-state index is 12.1. The van der Waals surface area contributed by atoms with Gasteiger partial charge in [0.1, 0.15) is 12.4 Å². The molecule has 0 radical (unpaired) electrons. The quantitative estimate of drug-likeness (QED) is 0.359. The molecule has 1 aromatic heterocycles. The first-order chi connectivity index (χ1) is 12.2. The number of halogens is 1. The molecule has 9 heteroatoms. The first kappa shape index (κ1) is 21.6. The van der Waals surface area contributed by atoms with Gasteiger partial charge in [0.15, 0.2) is 11.8 Å². The second-order valence-corrected chi connectivity index (χ2v) is 8.79. The summed E-state index contributed by atoms with van der Waals surface area (Å²) < 4.78 is 14.3. The molecule has 3 unspecified atom stereocenters. The Hall–Kier alpha value is -0.710. The number of nitrogens with zero attached hydrogens (tertiary/aromatic N) is 4. The van der Waals surface area contributed by atoms with Crippen LogP contribution in [0.3, 0.4) is 0 Å². The molecule has 0 bridgehead atoms. The summed E-state index contributed by atoms with van der Waals surface area (Å²) in [7, 11) is -0.703. The molecule has 1 aliphatic carbocycles. The number of hydrogen-bond donors (Lipinski definition) is 2. The third-order valence-electron chi connectivity index (χ3n) is 5.03. The third-order valence-corrected chi connectivity index (χ3v) is 6.77. The van der Waals surface area contributed by atoms with Crippen LogP contribution < -0.4 is 10.6 Å². The molecular formula is C17H31IN6OS. The summed E-state index contributed by atoms with van der Waals surface area (Å²) in [5.74, 6) is 3.60. The van der Waals surface area contributed by atoms with Crippen molar-refractivity contribution < 1.29 is 4.21 Å². The highest BCUT2D eigenvalue weighted by Crippen LogP contribution is 2.23. The van der Waals surface area contributed by atoms with Crippen molar-refractivity contribution in [2.24, 2.45) is 4.99 Å². The van der Waals surface area contributed by atoms with Crippen LogP contribution >= 0.6 is 24.0 Å². The maximum Gasteiger partial charge on any atom is 0.191 e. The van der Waals surface area contributed by atoms with E-state index in [1.807, 2.05) is 6.92 Å². The molecule has 0 amide bonds. The van der Waals surface area contributed by atoms with Crippen molar-refractivity contribution in [2.45, 2.75) is 76.8 Å². The van der Waals surface area contributed by atoms with Gasteiger partial charge in [-0.3, -0.25) is 4.21 Å². The first-order valence-electron chi connectivity index (χ1n) is 9.54. The zero-order valence-corrected chi connectivity index (χ0v) is 18.9. The summed E-state index contributed by atoms with van der Waals surface area (Å²) in [6, 6.07) is 0.344. The fraction of sp³-hybridized carbons (Fsp3) is 0.824. The highest BCUT2D eigenvalue weighted by Gasteiger charge is 2.26. The van der Waals surface area contributed by atoms with Gasteiger partial charge >= 0.3 is 0 Å². The lowest BCUT2D eigenvalue weighted by Gasteiger charge is -2.30. The number of guanidine groups is 1. The lowest BCUT2D eigenvalue weighted by Crippen LogP contribution is -2.46. The summed E-state index contributed by atoms with van der Waals surface area (Å²) in [6.45, 7) is 6.45. The molecule has 26 heavy (non-hydrogen) atoms. The van der Waals surface area contributed by atoms with E-state index in [-0.39, 0.29) is 24.0 Å². The highest BCUT2D eigenvalue weighted by atomic mass is 127. The predicted molar refractivity (Wildman–Crippen MR) is 116 cm³/mol. The minimum absolute atomic E-state index is 0. The van der Waals surface area contributed by atoms with E-state index in [0.717, 1.165) is 75.0 Å². The van der Waals surface area contributed by atoms with Gasteiger partial charge in [-0.25, -0.2) is 4.99 Å². The van der Waals surface area contributed by atoms with Gasteiger partial charge in [0.25, 0.3) is 0 Å². The van der Waals surface area contributed by atoms with Crippen LogP contribution in [-0.2, 0) is 30.3 Å². The minimum atomic E-state index is -0.703. The van der Waals surface area contributed by atoms with Crippen LogP contribution in [-0.4, -0.2) is 48.5 Å². The van der Waals surface area contributed by atoms with Crippen LogP contribution in [0.2, 0.25) is 0 Å². The van der Waals surface area contributed by atoms with Crippen molar-refractivity contribution in [1.29, 1.82) is 0 Å². The van der Waals surface area contributed by atoms with Crippen LogP contribution in [0.15, 0.2) is 4.99 Å². The van der Waals surface area contributed by atoms with Crippen molar-refractivity contribution in [3.8, 4) is 0 Å². The number of aromatic nitrogens is 3. The second-order valence-electron chi connectivity index (χ2n) is 6.78. The summed E-state index contributed by atoms with van der Waals surface area (Å²) >= 11 is 0. The summed E-state index contributed by atoms with van der Waals surface area (Å²) in [5, 5.41) is 15.7. The molecule has 7 nitrogen and oxygen atoms in total. The van der Waals surface area contributed by atoms with Gasteiger partial charge in [-0.1, -0.05) is 13.3 Å². The van der Waals surface area contributed by atoms with Crippen LogP contribution in [0.25, 0.3) is 0 Å². The molecule has 2 aliphatic rings. The molecule has 1 saturated carbocycles. The molecule has 1 aromatic rings. The van der Waals surface area contributed by atoms with Gasteiger partial charge in [0, 0.05) is 47.4 Å². The van der Waals surface area contributed by atoms with E-state index in [1.165, 1.54) is 0 Å². The fourth-order valence-corrected chi connectivity index (χ4v) is 5.09. The average molecular weight is 494 g/mol.